The van der Waals surface area contributed by atoms with Gasteiger partial charge in [-0.3, -0.25) is 14.5 Å². The van der Waals surface area contributed by atoms with E-state index < -0.39 is 5.97 Å². The van der Waals surface area contributed by atoms with Crippen molar-refractivity contribution in [1.82, 2.24) is 4.90 Å². The predicted molar refractivity (Wildman–Crippen MR) is 105 cm³/mol. The number of carbonyl (C=O) groups excluding carboxylic acids is 1. The van der Waals surface area contributed by atoms with E-state index in [4.69, 9.17) is 22.1 Å². The van der Waals surface area contributed by atoms with Crippen LogP contribution in [0.3, 0.4) is 0 Å². The number of benzene rings is 1. The van der Waals surface area contributed by atoms with Crippen LogP contribution in [0, 0.1) is 0 Å². The predicted octanol–water partition coefficient (Wildman–Crippen LogP) is 3.20. The number of amides is 1. The summed E-state index contributed by atoms with van der Waals surface area (Å²) in [6, 6.07) is 3.40. The van der Waals surface area contributed by atoms with Crippen LogP contribution in [0.1, 0.15) is 24.0 Å². The van der Waals surface area contributed by atoms with Crippen molar-refractivity contribution in [3.05, 3.63) is 40.8 Å². The van der Waals surface area contributed by atoms with Crippen LogP contribution < -0.4 is 4.74 Å². The minimum absolute atomic E-state index is 0.0177. The Kier molecular flexibility index (Phi) is 6.82. The van der Waals surface area contributed by atoms with Crippen LogP contribution in [0.4, 0.5) is 0 Å². The Morgan fingerprint density at radius 2 is 2.19 bits per heavy atom. The van der Waals surface area contributed by atoms with E-state index in [9.17, 15) is 14.7 Å². The summed E-state index contributed by atoms with van der Waals surface area (Å²) in [7, 11) is 1.46. The number of thioether (sulfide) groups is 1. The molecule has 0 unspecified atom stereocenters. The number of rotatable bonds is 8. The van der Waals surface area contributed by atoms with Crippen molar-refractivity contribution in [2.45, 2.75) is 19.3 Å². The first-order valence-corrected chi connectivity index (χ1v) is 9.07. The number of hydrogen-bond acceptors (Lipinski definition) is 6. The smallest absolute Gasteiger partial charge is 0.303 e. The van der Waals surface area contributed by atoms with Gasteiger partial charge >= 0.3 is 5.97 Å². The normalized spacial score (nSPS) is 15.6. The molecular formula is C18H19NO5S2. The highest BCUT2D eigenvalue weighted by atomic mass is 32.2. The SMILES string of the molecule is C=CCc1cc(C=C2SC(=S)N(CCCC(=O)O)C2=O)cc(OC)c1O. The van der Waals surface area contributed by atoms with Crippen LogP contribution >= 0.6 is 24.0 Å². The number of methoxy groups -OCH3 is 1. The first kappa shape index (κ1) is 20.0. The molecule has 0 aromatic heterocycles. The second kappa shape index (κ2) is 8.86. The Morgan fingerprint density at radius 1 is 1.46 bits per heavy atom. The van der Waals surface area contributed by atoms with Crippen molar-refractivity contribution in [2.24, 2.45) is 0 Å². The van der Waals surface area contributed by atoms with Crippen LogP contribution in [0.5, 0.6) is 11.5 Å². The lowest BCUT2D eigenvalue weighted by Crippen LogP contribution is -2.29. The number of phenols is 1. The van der Waals surface area contributed by atoms with Crippen molar-refractivity contribution in [1.29, 1.82) is 0 Å². The molecule has 0 bridgehead atoms. The highest BCUT2D eigenvalue weighted by molar-refractivity contribution is 8.26. The zero-order valence-electron chi connectivity index (χ0n) is 14.2. The molecule has 1 saturated heterocycles. The van der Waals surface area contributed by atoms with E-state index in [0.29, 0.717) is 38.9 Å². The van der Waals surface area contributed by atoms with Gasteiger partial charge < -0.3 is 14.9 Å². The number of aliphatic carboxylic acids is 1. The zero-order chi connectivity index (χ0) is 19.3. The first-order chi connectivity index (χ1) is 12.4. The molecule has 1 aliphatic heterocycles. The maximum Gasteiger partial charge on any atom is 0.303 e. The van der Waals surface area contributed by atoms with Gasteiger partial charge in [-0.05, 0) is 36.6 Å². The van der Waals surface area contributed by atoms with E-state index in [2.05, 4.69) is 6.58 Å². The Hall–Kier alpha value is -2.32. The summed E-state index contributed by atoms with van der Waals surface area (Å²) in [4.78, 5) is 25.0. The third-order valence-corrected chi connectivity index (χ3v) is 5.08. The quantitative estimate of drug-likeness (QED) is 0.398. The lowest BCUT2D eigenvalue weighted by molar-refractivity contribution is -0.137. The molecule has 0 atom stereocenters. The fourth-order valence-corrected chi connectivity index (χ4v) is 3.78. The van der Waals surface area contributed by atoms with Gasteiger partial charge in [0, 0.05) is 18.5 Å². The van der Waals surface area contributed by atoms with E-state index in [1.54, 1.807) is 24.3 Å². The van der Waals surface area contributed by atoms with E-state index >= 15 is 0 Å². The molecular weight excluding hydrogens is 374 g/mol. The summed E-state index contributed by atoms with van der Waals surface area (Å²) in [6.45, 7) is 3.94. The lowest BCUT2D eigenvalue weighted by Gasteiger charge is -2.13. The molecule has 1 fully saturated rings. The summed E-state index contributed by atoms with van der Waals surface area (Å²) in [5, 5.41) is 18.9. The van der Waals surface area contributed by atoms with Gasteiger partial charge in [-0.1, -0.05) is 30.1 Å². The van der Waals surface area contributed by atoms with Gasteiger partial charge in [0.25, 0.3) is 5.91 Å². The van der Waals surface area contributed by atoms with Crippen LogP contribution in [0.25, 0.3) is 6.08 Å². The molecule has 0 spiro atoms. The van der Waals surface area contributed by atoms with Crippen molar-refractivity contribution in [3.8, 4) is 11.5 Å². The second-order valence-electron chi connectivity index (χ2n) is 5.55. The number of allylic oxidation sites excluding steroid dienone is 1. The van der Waals surface area contributed by atoms with Crippen LogP contribution in [-0.4, -0.2) is 45.0 Å². The largest absolute Gasteiger partial charge is 0.504 e. The van der Waals surface area contributed by atoms with E-state index in [1.165, 1.54) is 23.8 Å². The Bertz CT molecular complexity index is 788. The Labute approximate surface area is 161 Å². The Balaban J connectivity index is 2.25. The molecule has 2 rings (SSSR count). The molecule has 8 heteroatoms. The first-order valence-electron chi connectivity index (χ1n) is 7.85. The molecule has 1 heterocycles. The van der Waals surface area contributed by atoms with Gasteiger partial charge in [-0.2, -0.15) is 0 Å². The molecule has 6 nitrogen and oxygen atoms in total. The number of hydrogen-bond donors (Lipinski definition) is 2. The minimum atomic E-state index is -0.906. The number of phenolic OH excluding ortho intramolecular Hbond substituents is 1. The molecule has 138 valence electrons. The molecule has 2 N–H and O–H groups in total. The molecule has 0 saturated carbocycles. The summed E-state index contributed by atoms with van der Waals surface area (Å²) >= 11 is 6.40. The average molecular weight is 393 g/mol. The topological polar surface area (TPSA) is 87.1 Å². The van der Waals surface area contributed by atoms with Crippen LogP contribution in [-0.2, 0) is 16.0 Å². The molecule has 1 aromatic carbocycles. The summed E-state index contributed by atoms with van der Waals surface area (Å²) in [6.07, 6.45) is 4.13. The maximum absolute atomic E-state index is 12.5. The summed E-state index contributed by atoms with van der Waals surface area (Å²) in [5.74, 6) is -0.794. The highest BCUT2D eigenvalue weighted by Gasteiger charge is 2.31. The minimum Gasteiger partial charge on any atom is -0.504 e. The standard InChI is InChI=1S/C18H19NO5S2/c1-3-5-12-8-11(9-13(24-2)16(12)22)10-14-17(23)19(18(25)26-14)7-4-6-15(20)21/h3,8-10,22H,1,4-7H2,2H3,(H,20,21). The molecule has 1 aliphatic rings. The average Bonchev–Trinajstić information content (AvgIpc) is 2.84. The number of thiocarbonyl (C=S) groups is 1. The molecule has 0 aliphatic carbocycles. The zero-order valence-corrected chi connectivity index (χ0v) is 15.9. The van der Waals surface area contributed by atoms with Crippen LogP contribution in [0.2, 0.25) is 0 Å². The van der Waals surface area contributed by atoms with Gasteiger partial charge in [0.1, 0.15) is 4.32 Å². The van der Waals surface area contributed by atoms with E-state index in [1.807, 2.05) is 0 Å². The monoisotopic (exact) mass is 393 g/mol. The number of nitrogens with zero attached hydrogens (tertiary/aromatic N) is 1. The lowest BCUT2D eigenvalue weighted by atomic mass is 10.1. The van der Waals surface area contributed by atoms with Gasteiger partial charge in [0.05, 0.1) is 12.0 Å². The van der Waals surface area contributed by atoms with Crippen molar-refractivity contribution >= 4 is 46.3 Å². The Morgan fingerprint density at radius 3 is 2.81 bits per heavy atom. The van der Waals surface area contributed by atoms with Gasteiger partial charge in [0.2, 0.25) is 0 Å². The van der Waals surface area contributed by atoms with Crippen LogP contribution in [0.15, 0.2) is 29.7 Å². The third-order valence-electron chi connectivity index (χ3n) is 3.70. The van der Waals surface area contributed by atoms with Crippen molar-refractivity contribution in [2.75, 3.05) is 13.7 Å². The van der Waals surface area contributed by atoms with E-state index in [-0.39, 0.29) is 24.6 Å². The third kappa shape index (κ3) is 4.64. The van der Waals surface area contributed by atoms with Gasteiger partial charge in [0.15, 0.2) is 11.5 Å². The fourth-order valence-electron chi connectivity index (χ4n) is 2.47. The number of carboxylic acid groups (broad SMARTS) is 1. The summed E-state index contributed by atoms with van der Waals surface area (Å²) < 4.78 is 5.59. The van der Waals surface area contributed by atoms with Gasteiger partial charge in [-0.25, -0.2) is 0 Å². The molecule has 0 radical (unpaired) electrons. The van der Waals surface area contributed by atoms with Crippen molar-refractivity contribution in [3.63, 3.8) is 0 Å². The summed E-state index contributed by atoms with van der Waals surface area (Å²) in [5.41, 5.74) is 1.34. The molecule has 1 aromatic rings. The second-order valence-corrected chi connectivity index (χ2v) is 7.23. The number of carboxylic acids is 1. The fraction of sp³-hybridized carbons (Fsp3) is 0.278. The number of carbonyl (C=O) groups is 2. The number of aromatic hydroxyl groups is 1. The number of ether oxygens (including phenoxy) is 1. The maximum atomic E-state index is 12.5. The van der Waals surface area contributed by atoms with E-state index in [0.717, 1.165) is 0 Å². The molecule has 26 heavy (non-hydrogen) atoms. The highest BCUT2D eigenvalue weighted by Crippen LogP contribution is 2.36. The van der Waals surface area contributed by atoms with Crippen molar-refractivity contribution < 1.29 is 24.5 Å². The van der Waals surface area contributed by atoms with Gasteiger partial charge in [-0.15, -0.1) is 6.58 Å². The molecule has 1 amide bonds.